The monoisotopic (exact) mass is 301 g/mol. The molecule has 0 spiro atoms. The first-order valence-electron chi connectivity index (χ1n) is 7.20. The molecule has 0 aliphatic rings. The number of amides is 1. The molecule has 4 heteroatoms. The Bertz CT molecular complexity index is 653. The molecule has 3 nitrogen and oxygen atoms in total. The van der Waals surface area contributed by atoms with E-state index in [1.54, 1.807) is 0 Å². The van der Waals surface area contributed by atoms with Crippen molar-refractivity contribution in [2.45, 2.75) is 26.8 Å². The van der Waals surface area contributed by atoms with Gasteiger partial charge in [-0.2, -0.15) is 0 Å². The number of aryl methyl sites for hydroxylation is 2. The molecule has 2 aromatic rings. The standard InChI is InChI=1S/C18H20FNO2/c1-12-4-9-17(13(2)10-12)14(3)20-18(21)11-22-16-7-5-15(19)6-8-16/h4-10,14H,11H2,1-3H3,(H,20,21). The molecule has 0 heterocycles. The van der Waals surface area contributed by atoms with Crippen LogP contribution in [0.1, 0.15) is 29.7 Å². The van der Waals surface area contributed by atoms with Gasteiger partial charge in [-0.05, 0) is 56.2 Å². The Hall–Kier alpha value is -2.36. The lowest BCUT2D eigenvalue weighted by Crippen LogP contribution is -2.31. The lowest BCUT2D eigenvalue weighted by atomic mass is 10.0. The van der Waals surface area contributed by atoms with Crippen LogP contribution in [0.25, 0.3) is 0 Å². The number of ether oxygens (including phenoxy) is 1. The number of benzene rings is 2. The van der Waals surface area contributed by atoms with Gasteiger partial charge in [0.15, 0.2) is 6.61 Å². The summed E-state index contributed by atoms with van der Waals surface area (Å²) in [7, 11) is 0. The molecule has 0 saturated heterocycles. The molecule has 1 unspecified atom stereocenters. The smallest absolute Gasteiger partial charge is 0.258 e. The van der Waals surface area contributed by atoms with Crippen molar-refractivity contribution in [2.24, 2.45) is 0 Å². The first kappa shape index (κ1) is 16.0. The highest BCUT2D eigenvalue weighted by Gasteiger charge is 2.12. The van der Waals surface area contributed by atoms with Crippen LogP contribution in [0.2, 0.25) is 0 Å². The van der Waals surface area contributed by atoms with Gasteiger partial charge in [-0.1, -0.05) is 23.8 Å². The lowest BCUT2D eigenvalue weighted by Gasteiger charge is -2.17. The van der Waals surface area contributed by atoms with Gasteiger partial charge in [0, 0.05) is 0 Å². The number of hydrogen-bond donors (Lipinski definition) is 1. The number of carbonyl (C=O) groups is 1. The number of hydrogen-bond acceptors (Lipinski definition) is 2. The normalized spacial score (nSPS) is 11.8. The van der Waals surface area contributed by atoms with E-state index >= 15 is 0 Å². The van der Waals surface area contributed by atoms with Crippen molar-refractivity contribution in [1.82, 2.24) is 5.32 Å². The van der Waals surface area contributed by atoms with Crippen molar-refractivity contribution in [3.8, 4) is 5.75 Å². The fourth-order valence-electron chi connectivity index (χ4n) is 2.35. The van der Waals surface area contributed by atoms with Gasteiger partial charge in [0.1, 0.15) is 11.6 Å². The number of carbonyl (C=O) groups excluding carboxylic acids is 1. The Balaban J connectivity index is 1.89. The third-order valence-corrected chi connectivity index (χ3v) is 3.45. The summed E-state index contributed by atoms with van der Waals surface area (Å²) < 4.78 is 18.1. The predicted molar refractivity (Wildman–Crippen MR) is 84.4 cm³/mol. The van der Waals surface area contributed by atoms with Gasteiger partial charge in [-0.3, -0.25) is 4.79 Å². The van der Waals surface area contributed by atoms with Crippen LogP contribution in [-0.4, -0.2) is 12.5 Å². The highest BCUT2D eigenvalue weighted by Crippen LogP contribution is 2.18. The summed E-state index contributed by atoms with van der Waals surface area (Å²) >= 11 is 0. The van der Waals surface area contributed by atoms with Crippen LogP contribution in [0.3, 0.4) is 0 Å². The molecule has 0 bridgehead atoms. The summed E-state index contributed by atoms with van der Waals surface area (Å²) in [5.74, 6) is -0.0761. The van der Waals surface area contributed by atoms with E-state index in [1.165, 1.54) is 29.8 Å². The Kier molecular flexibility index (Phi) is 5.15. The summed E-state index contributed by atoms with van der Waals surface area (Å²) in [6.45, 7) is 5.91. The van der Waals surface area contributed by atoms with Gasteiger partial charge in [0.25, 0.3) is 5.91 Å². The number of halogens is 1. The van der Waals surface area contributed by atoms with Crippen LogP contribution in [0.15, 0.2) is 42.5 Å². The van der Waals surface area contributed by atoms with E-state index in [0.717, 1.165) is 11.1 Å². The average Bonchev–Trinajstić information content (AvgIpc) is 2.46. The van der Waals surface area contributed by atoms with E-state index in [9.17, 15) is 9.18 Å². The van der Waals surface area contributed by atoms with Crippen molar-refractivity contribution in [3.63, 3.8) is 0 Å². The molecule has 0 radical (unpaired) electrons. The van der Waals surface area contributed by atoms with Crippen molar-refractivity contribution in [3.05, 3.63) is 65.0 Å². The maximum Gasteiger partial charge on any atom is 0.258 e. The van der Waals surface area contributed by atoms with E-state index in [0.29, 0.717) is 5.75 Å². The first-order valence-corrected chi connectivity index (χ1v) is 7.20. The second-order valence-electron chi connectivity index (χ2n) is 5.39. The van der Waals surface area contributed by atoms with Crippen molar-refractivity contribution in [1.29, 1.82) is 0 Å². The number of rotatable bonds is 5. The Morgan fingerprint density at radius 3 is 2.50 bits per heavy atom. The van der Waals surface area contributed by atoms with Crippen molar-refractivity contribution >= 4 is 5.91 Å². The molecule has 0 aromatic heterocycles. The molecule has 1 N–H and O–H groups in total. The molecule has 116 valence electrons. The van der Waals surface area contributed by atoms with Gasteiger partial charge < -0.3 is 10.1 Å². The van der Waals surface area contributed by atoms with Crippen LogP contribution >= 0.6 is 0 Å². The van der Waals surface area contributed by atoms with E-state index in [1.807, 2.05) is 32.9 Å². The van der Waals surface area contributed by atoms with E-state index in [-0.39, 0.29) is 24.4 Å². The molecule has 0 saturated carbocycles. The second kappa shape index (κ2) is 7.07. The van der Waals surface area contributed by atoms with Crippen LogP contribution in [0, 0.1) is 19.7 Å². The topological polar surface area (TPSA) is 38.3 Å². The third kappa shape index (κ3) is 4.32. The molecule has 0 fully saturated rings. The quantitative estimate of drug-likeness (QED) is 0.914. The minimum absolute atomic E-state index is 0.0927. The molecule has 0 aliphatic carbocycles. The SMILES string of the molecule is Cc1ccc(C(C)NC(=O)COc2ccc(F)cc2)c(C)c1. The average molecular weight is 301 g/mol. The molecule has 22 heavy (non-hydrogen) atoms. The summed E-state index contributed by atoms with van der Waals surface area (Å²) in [6, 6.07) is 11.6. The van der Waals surface area contributed by atoms with Crippen LogP contribution in [0.5, 0.6) is 5.75 Å². The lowest BCUT2D eigenvalue weighted by molar-refractivity contribution is -0.123. The zero-order chi connectivity index (χ0) is 16.1. The Labute approximate surface area is 130 Å². The fraction of sp³-hybridized carbons (Fsp3) is 0.278. The maximum atomic E-state index is 12.8. The van der Waals surface area contributed by atoms with Crippen molar-refractivity contribution in [2.75, 3.05) is 6.61 Å². The Morgan fingerprint density at radius 1 is 1.18 bits per heavy atom. The van der Waals surface area contributed by atoms with Gasteiger partial charge in [0.05, 0.1) is 6.04 Å². The van der Waals surface area contributed by atoms with Gasteiger partial charge in [-0.15, -0.1) is 0 Å². The molecule has 0 aliphatic heterocycles. The van der Waals surface area contributed by atoms with E-state index in [4.69, 9.17) is 4.74 Å². The highest BCUT2D eigenvalue weighted by atomic mass is 19.1. The fourth-order valence-corrected chi connectivity index (χ4v) is 2.35. The van der Waals surface area contributed by atoms with Gasteiger partial charge in [0.2, 0.25) is 0 Å². The van der Waals surface area contributed by atoms with Gasteiger partial charge in [-0.25, -0.2) is 4.39 Å². The molecule has 1 amide bonds. The Morgan fingerprint density at radius 2 is 1.86 bits per heavy atom. The zero-order valence-electron chi connectivity index (χ0n) is 13.0. The predicted octanol–water partition coefficient (Wildman–Crippen LogP) is 3.70. The third-order valence-electron chi connectivity index (χ3n) is 3.45. The zero-order valence-corrected chi connectivity index (χ0v) is 13.0. The molecule has 2 aromatic carbocycles. The minimum Gasteiger partial charge on any atom is -0.484 e. The minimum atomic E-state index is -0.333. The molecular formula is C18H20FNO2. The highest BCUT2D eigenvalue weighted by molar-refractivity contribution is 5.78. The molecular weight excluding hydrogens is 281 g/mol. The van der Waals surface area contributed by atoms with E-state index in [2.05, 4.69) is 11.4 Å². The molecule has 1 atom stereocenters. The summed E-state index contributed by atoms with van der Waals surface area (Å²) in [6.07, 6.45) is 0. The molecule has 2 rings (SSSR count). The maximum absolute atomic E-state index is 12.8. The summed E-state index contributed by atoms with van der Waals surface area (Å²) in [4.78, 5) is 11.9. The van der Waals surface area contributed by atoms with Crippen LogP contribution in [0.4, 0.5) is 4.39 Å². The second-order valence-corrected chi connectivity index (χ2v) is 5.39. The summed E-state index contributed by atoms with van der Waals surface area (Å²) in [5.41, 5.74) is 3.42. The first-order chi connectivity index (χ1) is 10.5. The van der Waals surface area contributed by atoms with Crippen LogP contribution in [-0.2, 0) is 4.79 Å². The van der Waals surface area contributed by atoms with Crippen LogP contribution < -0.4 is 10.1 Å². The van der Waals surface area contributed by atoms with Crippen molar-refractivity contribution < 1.29 is 13.9 Å². The van der Waals surface area contributed by atoms with E-state index < -0.39 is 0 Å². The van der Waals surface area contributed by atoms with Gasteiger partial charge >= 0.3 is 0 Å². The summed E-state index contributed by atoms with van der Waals surface area (Å²) in [5, 5.41) is 2.90. The number of nitrogens with one attached hydrogen (secondary N) is 1. The largest absolute Gasteiger partial charge is 0.484 e.